The van der Waals surface area contributed by atoms with Gasteiger partial charge in [-0.25, -0.2) is 14.6 Å². The predicted octanol–water partition coefficient (Wildman–Crippen LogP) is 2.46. The fourth-order valence-electron chi connectivity index (χ4n) is 4.06. The number of imidazole rings is 1. The summed E-state index contributed by atoms with van der Waals surface area (Å²) in [5, 5.41) is 3.44. The highest BCUT2D eigenvalue weighted by atomic mass is 35.5. The Morgan fingerprint density at radius 1 is 1.00 bits per heavy atom. The Kier molecular flexibility index (Phi) is 8.43. The van der Waals surface area contributed by atoms with Gasteiger partial charge in [0.1, 0.15) is 12.4 Å². The molecule has 0 unspecified atom stereocenters. The van der Waals surface area contributed by atoms with Crippen LogP contribution in [0.3, 0.4) is 0 Å². The fourth-order valence-corrected chi connectivity index (χ4v) is 4.19. The largest absolute Gasteiger partial charge is 0.476 e. The third kappa shape index (κ3) is 6.26. The molecule has 0 aliphatic rings. The van der Waals surface area contributed by atoms with Crippen molar-refractivity contribution in [2.24, 2.45) is 14.1 Å². The second-order valence-electron chi connectivity index (χ2n) is 9.72. The highest BCUT2D eigenvalue weighted by molar-refractivity contribution is 6.30. The van der Waals surface area contributed by atoms with Crippen molar-refractivity contribution in [2.45, 2.75) is 32.4 Å². The fraction of sp³-hybridized carbons (Fsp3) is 0.321. The van der Waals surface area contributed by atoms with Gasteiger partial charge in [-0.15, -0.1) is 0 Å². The summed E-state index contributed by atoms with van der Waals surface area (Å²) in [6, 6.07) is 13.9. The first-order valence-corrected chi connectivity index (χ1v) is 13.0. The summed E-state index contributed by atoms with van der Waals surface area (Å²) in [5.41, 5.74) is -0.182. The number of fused-ring (bicyclic) bond motifs is 1. The van der Waals surface area contributed by atoms with E-state index in [1.54, 1.807) is 54.8 Å². The number of carbonyl (C=O) groups excluding carboxylic acids is 2. The van der Waals surface area contributed by atoms with Crippen LogP contribution in [0, 0.1) is 0 Å². The Morgan fingerprint density at radius 3 is 2.35 bits per heavy atom. The van der Waals surface area contributed by atoms with Crippen molar-refractivity contribution in [1.29, 1.82) is 0 Å². The highest BCUT2D eigenvalue weighted by Gasteiger charge is 2.32. The SMILES string of the molecule is Cn1c(=O)c2c(ncn2CCOC(=O)C(C)(C)Oc2ccc(CCNC(=O)c3ccc(Cl)cc3)cc2)n(C)c1=O. The average molecular weight is 568 g/mol. The van der Waals surface area contributed by atoms with Crippen molar-refractivity contribution in [3.05, 3.63) is 91.8 Å². The number of aromatic nitrogens is 4. The lowest BCUT2D eigenvalue weighted by atomic mass is 10.1. The van der Waals surface area contributed by atoms with E-state index in [9.17, 15) is 19.2 Å². The zero-order valence-corrected chi connectivity index (χ0v) is 23.4. The number of amides is 1. The summed E-state index contributed by atoms with van der Waals surface area (Å²) in [7, 11) is 2.93. The van der Waals surface area contributed by atoms with Gasteiger partial charge in [0.2, 0.25) is 0 Å². The normalized spacial score (nSPS) is 11.4. The van der Waals surface area contributed by atoms with Crippen molar-refractivity contribution >= 4 is 34.6 Å². The molecule has 4 rings (SSSR count). The molecule has 12 heteroatoms. The molecule has 4 aromatic rings. The van der Waals surface area contributed by atoms with Gasteiger partial charge in [0.25, 0.3) is 11.5 Å². The van der Waals surface area contributed by atoms with E-state index in [0.29, 0.717) is 29.3 Å². The van der Waals surface area contributed by atoms with Gasteiger partial charge in [-0.1, -0.05) is 23.7 Å². The van der Waals surface area contributed by atoms with Crippen molar-refractivity contribution in [1.82, 2.24) is 24.0 Å². The molecule has 0 aliphatic heterocycles. The minimum atomic E-state index is -1.27. The Morgan fingerprint density at radius 2 is 1.68 bits per heavy atom. The third-order valence-corrected chi connectivity index (χ3v) is 6.63. The monoisotopic (exact) mass is 567 g/mol. The number of hydrogen-bond acceptors (Lipinski definition) is 7. The number of halogens is 1. The number of ether oxygens (including phenoxy) is 2. The number of hydrogen-bond donors (Lipinski definition) is 1. The van der Waals surface area contributed by atoms with Gasteiger partial charge in [-0.3, -0.25) is 18.7 Å². The number of rotatable bonds is 10. The molecular weight excluding hydrogens is 538 g/mol. The Labute approximate surface area is 234 Å². The summed E-state index contributed by atoms with van der Waals surface area (Å²) in [5.74, 6) is -0.265. The minimum Gasteiger partial charge on any atom is -0.476 e. The average Bonchev–Trinajstić information content (AvgIpc) is 3.36. The van der Waals surface area contributed by atoms with Crippen LogP contribution in [0.15, 0.2) is 64.4 Å². The first-order chi connectivity index (χ1) is 19.0. The lowest BCUT2D eigenvalue weighted by Gasteiger charge is -2.24. The Bertz CT molecular complexity index is 1650. The first kappa shape index (κ1) is 28.6. The smallest absolute Gasteiger partial charge is 0.349 e. The molecular formula is C28H30ClN5O6. The van der Waals surface area contributed by atoms with Crippen LogP contribution in [-0.4, -0.2) is 49.3 Å². The van der Waals surface area contributed by atoms with Crippen LogP contribution in [0.5, 0.6) is 5.75 Å². The van der Waals surface area contributed by atoms with E-state index in [0.717, 1.165) is 10.1 Å². The summed E-state index contributed by atoms with van der Waals surface area (Å²) in [4.78, 5) is 53.8. The van der Waals surface area contributed by atoms with Gasteiger partial charge in [0.15, 0.2) is 16.8 Å². The van der Waals surface area contributed by atoms with E-state index in [2.05, 4.69) is 10.3 Å². The molecule has 1 N–H and O–H groups in total. The van der Waals surface area contributed by atoms with Gasteiger partial charge in [-0.2, -0.15) is 0 Å². The maximum absolute atomic E-state index is 12.8. The van der Waals surface area contributed by atoms with E-state index < -0.39 is 22.8 Å². The van der Waals surface area contributed by atoms with E-state index >= 15 is 0 Å². The number of carbonyl (C=O) groups is 2. The standard InChI is InChI=1S/C28H30ClN5O6/c1-28(2,26(37)39-16-15-34-17-31-23-22(34)25(36)33(4)27(38)32(23)3)40-21-11-5-18(6-12-21)13-14-30-24(35)19-7-9-20(29)10-8-19/h5-12,17H,13-16H2,1-4H3,(H,30,35). The van der Waals surface area contributed by atoms with E-state index in [4.69, 9.17) is 21.1 Å². The number of benzene rings is 2. The molecule has 210 valence electrons. The van der Waals surface area contributed by atoms with Gasteiger partial charge in [0, 0.05) is 31.2 Å². The molecule has 11 nitrogen and oxygen atoms in total. The van der Waals surface area contributed by atoms with Gasteiger partial charge in [0.05, 0.1) is 12.9 Å². The topological polar surface area (TPSA) is 126 Å². The molecule has 0 atom stereocenters. The maximum Gasteiger partial charge on any atom is 0.349 e. The van der Waals surface area contributed by atoms with Crippen LogP contribution >= 0.6 is 11.6 Å². The van der Waals surface area contributed by atoms with Gasteiger partial charge < -0.3 is 19.4 Å². The maximum atomic E-state index is 12.8. The number of nitrogens with one attached hydrogen (secondary N) is 1. The zero-order valence-electron chi connectivity index (χ0n) is 22.6. The lowest BCUT2D eigenvalue weighted by molar-refractivity contribution is -0.159. The quantitative estimate of drug-likeness (QED) is 0.292. The lowest BCUT2D eigenvalue weighted by Crippen LogP contribution is -2.40. The van der Waals surface area contributed by atoms with Crippen molar-refractivity contribution in [2.75, 3.05) is 13.2 Å². The molecule has 0 bridgehead atoms. The second-order valence-corrected chi connectivity index (χ2v) is 10.2. The predicted molar refractivity (Wildman–Crippen MR) is 150 cm³/mol. The first-order valence-electron chi connectivity index (χ1n) is 12.6. The molecule has 0 saturated carbocycles. The second kappa shape index (κ2) is 11.8. The van der Waals surface area contributed by atoms with Gasteiger partial charge >= 0.3 is 11.7 Å². The molecule has 0 spiro atoms. The number of aryl methyl sites for hydroxylation is 1. The Balaban J connectivity index is 1.28. The molecule has 0 fully saturated rings. The zero-order chi connectivity index (χ0) is 29.0. The van der Waals surface area contributed by atoms with Crippen molar-refractivity contribution in [3.8, 4) is 5.75 Å². The molecule has 0 saturated heterocycles. The van der Waals surface area contributed by atoms with E-state index in [-0.39, 0.29) is 30.2 Å². The molecule has 1 amide bonds. The van der Waals surface area contributed by atoms with Crippen LogP contribution in [0.2, 0.25) is 5.02 Å². The summed E-state index contributed by atoms with van der Waals surface area (Å²) in [6.07, 6.45) is 2.05. The Hall–Kier alpha value is -4.38. The van der Waals surface area contributed by atoms with Gasteiger partial charge in [-0.05, 0) is 62.2 Å². The van der Waals surface area contributed by atoms with Crippen molar-refractivity contribution in [3.63, 3.8) is 0 Å². The van der Waals surface area contributed by atoms with Crippen LogP contribution < -0.4 is 21.3 Å². The van der Waals surface area contributed by atoms with E-state index in [1.807, 2.05) is 12.1 Å². The van der Waals surface area contributed by atoms with Crippen LogP contribution in [-0.2, 0) is 36.6 Å². The molecule has 2 heterocycles. The molecule has 0 aliphatic carbocycles. The van der Waals surface area contributed by atoms with Crippen LogP contribution in [0.25, 0.3) is 11.2 Å². The highest BCUT2D eigenvalue weighted by Crippen LogP contribution is 2.21. The van der Waals surface area contributed by atoms with Crippen LogP contribution in [0.4, 0.5) is 0 Å². The van der Waals surface area contributed by atoms with Crippen LogP contribution in [0.1, 0.15) is 29.8 Å². The molecule has 2 aromatic heterocycles. The third-order valence-electron chi connectivity index (χ3n) is 6.38. The summed E-state index contributed by atoms with van der Waals surface area (Å²) < 4.78 is 15.2. The number of esters is 1. The molecule has 40 heavy (non-hydrogen) atoms. The summed E-state index contributed by atoms with van der Waals surface area (Å²) >= 11 is 5.86. The number of nitrogens with zero attached hydrogens (tertiary/aromatic N) is 4. The van der Waals surface area contributed by atoms with E-state index in [1.165, 1.54) is 25.0 Å². The molecule has 2 aromatic carbocycles. The minimum absolute atomic E-state index is 0.0241. The molecule has 0 radical (unpaired) electrons. The summed E-state index contributed by atoms with van der Waals surface area (Å²) in [6.45, 7) is 3.81. The van der Waals surface area contributed by atoms with Crippen molar-refractivity contribution < 1.29 is 19.1 Å².